The molecule has 1 heterocycles. The summed E-state index contributed by atoms with van der Waals surface area (Å²) in [6.45, 7) is 2.73. The van der Waals surface area contributed by atoms with E-state index in [1.54, 1.807) is 0 Å². The van der Waals surface area contributed by atoms with E-state index >= 15 is 0 Å². The maximum atomic E-state index is 5.64. The fraction of sp³-hybridized carbons (Fsp3) is 0.231. The van der Waals surface area contributed by atoms with Crippen molar-refractivity contribution in [3.63, 3.8) is 0 Å². The average Bonchev–Trinajstić information content (AvgIpc) is 2.75. The lowest BCUT2D eigenvalue weighted by Crippen LogP contribution is -1.92. The number of fused-ring (bicyclic) bond motifs is 2. The molecule has 88 valence electrons. The molecule has 3 nitrogen and oxygen atoms in total. The van der Waals surface area contributed by atoms with Gasteiger partial charge in [-0.05, 0) is 29.3 Å². The molecule has 2 aromatic carbocycles. The summed E-state index contributed by atoms with van der Waals surface area (Å²) in [5.74, 6) is 1.57. The molecule has 17 heavy (non-hydrogen) atoms. The minimum atomic E-state index is -1.24. The Balaban J connectivity index is 1.89. The standard InChI is InChI=1S/C13H13O3P/c1-2-7-14-17-15-12-8-10-5-3-4-6-11(10)9-13(12)16-17/h3-6,8-9H,2,7H2,1H3. The molecule has 0 unspecified atom stereocenters. The van der Waals surface area contributed by atoms with Crippen molar-refractivity contribution in [1.82, 2.24) is 0 Å². The van der Waals surface area contributed by atoms with E-state index in [1.165, 1.54) is 0 Å². The number of hydrogen-bond donors (Lipinski definition) is 0. The average molecular weight is 248 g/mol. The minimum Gasteiger partial charge on any atom is -0.414 e. The second-order valence-corrected chi connectivity index (χ2v) is 4.96. The third-order valence-electron chi connectivity index (χ3n) is 2.56. The van der Waals surface area contributed by atoms with Gasteiger partial charge in [0.2, 0.25) is 0 Å². The van der Waals surface area contributed by atoms with Crippen LogP contribution in [0.2, 0.25) is 0 Å². The molecule has 0 N–H and O–H groups in total. The fourth-order valence-electron chi connectivity index (χ4n) is 1.74. The van der Waals surface area contributed by atoms with Crippen LogP contribution < -0.4 is 9.05 Å². The first-order valence-electron chi connectivity index (χ1n) is 5.68. The zero-order chi connectivity index (χ0) is 11.7. The summed E-state index contributed by atoms with van der Waals surface area (Å²) >= 11 is 0. The first-order chi connectivity index (χ1) is 8.36. The second kappa shape index (κ2) is 4.52. The van der Waals surface area contributed by atoms with E-state index in [2.05, 4.69) is 19.1 Å². The molecule has 0 aromatic heterocycles. The molecular weight excluding hydrogens is 235 g/mol. The summed E-state index contributed by atoms with van der Waals surface area (Å²) in [4.78, 5) is 0. The highest BCUT2D eigenvalue weighted by atomic mass is 31.2. The fourth-order valence-corrected chi connectivity index (χ4v) is 2.82. The van der Waals surface area contributed by atoms with Crippen molar-refractivity contribution in [1.29, 1.82) is 0 Å². The van der Waals surface area contributed by atoms with Gasteiger partial charge in [0.05, 0.1) is 6.61 Å². The van der Waals surface area contributed by atoms with Crippen molar-refractivity contribution in [3.8, 4) is 11.5 Å². The van der Waals surface area contributed by atoms with Crippen LogP contribution in [0.1, 0.15) is 13.3 Å². The van der Waals surface area contributed by atoms with E-state index < -0.39 is 8.60 Å². The molecule has 1 aliphatic heterocycles. The van der Waals surface area contributed by atoms with E-state index in [-0.39, 0.29) is 0 Å². The van der Waals surface area contributed by atoms with Gasteiger partial charge in [0, 0.05) is 0 Å². The Bertz CT molecular complexity index is 497. The van der Waals surface area contributed by atoms with Gasteiger partial charge in [-0.25, -0.2) is 0 Å². The van der Waals surface area contributed by atoms with Crippen LogP contribution in [-0.4, -0.2) is 6.61 Å². The third-order valence-corrected chi connectivity index (χ3v) is 3.64. The van der Waals surface area contributed by atoms with Crippen LogP contribution in [0.5, 0.6) is 11.5 Å². The lowest BCUT2D eigenvalue weighted by molar-refractivity contribution is 0.284. The summed E-state index contributed by atoms with van der Waals surface area (Å²) in [6, 6.07) is 12.2. The molecule has 0 bridgehead atoms. The Morgan fingerprint density at radius 3 is 2.18 bits per heavy atom. The summed E-state index contributed by atoms with van der Waals surface area (Å²) in [5, 5.41) is 2.31. The highest BCUT2D eigenvalue weighted by Crippen LogP contribution is 2.53. The SMILES string of the molecule is CCCOP1Oc2cc3ccccc3cc2O1. The third kappa shape index (κ3) is 2.08. The highest BCUT2D eigenvalue weighted by Gasteiger charge is 2.27. The Kier molecular flexibility index (Phi) is 2.87. The Labute approximate surface area is 101 Å². The zero-order valence-corrected chi connectivity index (χ0v) is 10.4. The van der Waals surface area contributed by atoms with Crippen LogP contribution in [0.25, 0.3) is 10.8 Å². The molecule has 0 fully saturated rings. The van der Waals surface area contributed by atoms with Crippen molar-refractivity contribution in [3.05, 3.63) is 36.4 Å². The van der Waals surface area contributed by atoms with E-state index in [4.69, 9.17) is 13.6 Å². The van der Waals surface area contributed by atoms with Crippen molar-refractivity contribution in [2.24, 2.45) is 0 Å². The molecular formula is C13H13O3P. The van der Waals surface area contributed by atoms with Crippen molar-refractivity contribution < 1.29 is 13.6 Å². The molecule has 0 aliphatic carbocycles. The Morgan fingerprint density at radius 2 is 1.65 bits per heavy atom. The van der Waals surface area contributed by atoms with Gasteiger partial charge in [0.1, 0.15) is 0 Å². The number of hydrogen-bond acceptors (Lipinski definition) is 3. The quantitative estimate of drug-likeness (QED) is 0.759. The maximum absolute atomic E-state index is 5.64. The van der Waals surface area contributed by atoms with Gasteiger partial charge < -0.3 is 9.05 Å². The van der Waals surface area contributed by atoms with Gasteiger partial charge in [-0.2, -0.15) is 0 Å². The molecule has 3 rings (SSSR count). The molecule has 0 saturated heterocycles. The van der Waals surface area contributed by atoms with Gasteiger partial charge in [-0.15, -0.1) is 0 Å². The van der Waals surface area contributed by atoms with E-state index in [0.29, 0.717) is 6.61 Å². The van der Waals surface area contributed by atoms with Gasteiger partial charge in [-0.3, -0.25) is 4.52 Å². The molecule has 0 spiro atoms. The van der Waals surface area contributed by atoms with Gasteiger partial charge in [0.25, 0.3) is 0 Å². The minimum absolute atomic E-state index is 0.666. The lowest BCUT2D eigenvalue weighted by Gasteiger charge is -2.05. The second-order valence-electron chi connectivity index (χ2n) is 3.89. The van der Waals surface area contributed by atoms with Crippen LogP contribution in [0.3, 0.4) is 0 Å². The monoisotopic (exact) mass is 248 g/mol. The van der Waals surface area contributed by atoms with E-state index in [0.717, 1.165) is 28.7 Å². The lowest BCUT2D eigenvalue weighted by atomic mass is 10.1. The Hall–Kier alpha value is -1.31. The smallest absolute Gasteiger partial charge is 0.414 e. The van der Waals surface area contributed by atoms with Crippen LogP contribution in [-0.2, 0) is 4.52 Å². The first kappa shape index (κ1) is 10.8. The Morgan fingerprint density at radius 1 is 1.06 bits per heavy atom. The molecule has 0 atom stereocenters. The van der Waals surface area contributed by atoms with Crippen molar-refractivity contribution in [2.45, 2.75) is 13.3 Å². The van der Waals surface area contributed by atoms with E-state index in [9.17, 15) is 0 Å². The molecule has 1 aliphatic rings. The molecule has 0 saturated carbocycles. The van der Waals surface area contributed by atoms with Crippen molar-refractivity contribution in [2.75, 3.05) is 6.61 Å². The first-order valence-corrected chi connectivity index (χ1v) is 6.78. The van der Waals surface area contributed by atoms with Crippen molar-refractivity contribution >= 4 is 19.4 Å². The molecule has 4 heteroatoms. The maximum Gasteiger partial charge on any atom is 0.463 e. The zero-order valence-electron chi connectivity index (χ0n) is 9.55. The summed E-state index contributed by atoms with van der Waals surface area (Å²) in [5.41, 5.74) is 0. The number of rotatable bonds is 3. The van der Waals surface area contributed by atoms with Crippen LogP contribution >= 0.6 is 8.60 Å². The predicted octanol–water partition coefficient (Wildman–Crippen LogP) is 4.26. The molecule has 0 amide bonds. The molecule has 2 aromatic rings. The summed E-state index contributed by atoms with van der Waals surface area (Å²) in [7, 11) is -1.24. The van der Waals surface area contributed by atoms with Gasteiger partial charge in [0.15, 0.2) is 11.5 Å². The normalized spacial score (nSPS) is 14.4. The van der Waals surface area contributed by atoms with Gasteiger partial charge >= 0.3 is 8.60 Å². The van der Waals surface area contributed by atoms with Crippen LogP contribution in [0.4, 0.5) is 0 Å². The topological polar surface area (TPSA) is 27.7 Å². The summed E-state index contributed by atoms with van der Waals surface area (Å²) < 4.78 is 16.8. The predicted molar refractivity (Wildman–Crippen MR) is 68.4 cm³/mol. The van der Waals surface area contributed by atoms with Crippen LogP contribution in [0.15, 0.2) is 36.4 Å². The van der Waals surface area contributed by atoms with Crippen LogP contribution in [0, 0.1) is 0 Å². The largest absolute Gasteiger partial charge is 0.463 e. The van der Waals surface area contributed by atoms with E-state index in [1.807, 2.05) is 24.3 Å². The number of benzene rings is 2. The summed E-state index contributed by atoms with van der Waals surface area (Å²) in [6.07, 6.45) is 0.962. The molecule has 0 radical (unpaired) electrons. The highest BCUT2D eigenvalue weighted by molar-refractivity contribution is 7.43. The van der Waals surface area contributed by atoms with Gasteiger partial charge in [-0.1, -0.05) is 31.2 Å².